The van der Waals surface area contributed by atoms with Crippen molar-refractivity contribution in [1.82, 2.24) is 10.6 Å². The van der Waals surface area contributed by atoms with Gasteiger partial charge in [0.2, 0.25) is 0 Å². The second kappa shape index (κ2) is 7.46. The lowest BCUT2D eigenvalue weighted by Gasteiger charge is -2.15. The number of carbonyl (C=O) groups is 1. The lowest BCUT2D eigenvalue weighted by Crippen LogP contribution is -2.35. The van der Waals surface area contributed by atoms with Gasteiger partial charge in [-0.05, 0) is 39.2 Å². The fraction of sp³-hybridized carbons (Fsp3) is 0.588. The van der Waals surface area contributed by atoms with Crippen LogP contribution >= 0.6 is 0 Å². The van der Waals surface area contributed by atoms with Crippen LogP contribution in [-0.2, 0) is 11.3 Å². The molecule has 1 aromatic rings. The minimum Gasteiger partial charge on any atom is -0.483 e. The average Bonchev–Trinajstić information content (AvgIpc) is 3.28. The summed E-state index contributed by atoms with van der Waals surface area (Å²) >= 11 is 0. The number of aryl methyl sites for hydroxylation is 1. The Bertz CT molecular complexity index is 484. The molecule has 0 heterocycles. The monoisotopic (exact) mass is 290 g/mol. The molecule has 1 atom stereocenters. The highest BCUT2D eigenvalue weighted by Crippen LogP contribution is 2.23. The number of rotatable bonds is 8. The minimum atomic E-state index is -0.0639. The molecule has 2 N–H and O–H groups in total. The predicted molar refractivity (Wildman–Crippen MR) is 84.4 cm³/mol. The molecule has 1 saturated carbocycles. The van der Waals surface area contributed by atoms with Crippen molar-refractivity contribution in [3.63, 3.8) is 0 Å². The van der Waals surface area contributed by atoms with Gasteiger partial charge in [0.1, 0.15) is 5.75 Å². The van der Waals surface area contributed by atoms with E-state index >= 15 is 0 Å². The Morgan fingerprint density at radius 1 is 1.43 bits per heavy atom. The Morgan fingerprint density at radius 2 is 2.19 bits per heavy atom. The fourth-order valence-corrected chi connectivity index (χ4v) is 2.09. The van der Waals surface area contributed by atoms with Gasteiger partial charge in [0, 0.05) is 24.2 Å². The van der Waals surface area contributed by atoms with Gasteiger partial charge in [-0.2, -0.15) is 0 Å². The Kier molecular flexibility index (Phi) is 5.62. The van der Waals surface area contributed by atoms with E-state index in [1.807, 2.05) is 26.0 Å². The Balaban J connectivity index is 1.89. The van der Waals surface area contributed by atoms with Gasteiger partial charge in [-0.3, -0.25) is 4.79 Å². The summed E-state index contributed by atoms with van der Waals surface area (Å²) in [5.41, 5.74) is 2.33. The van der Waals surface area contributed by atoms with E-state index in [1.54, 1.807) is 0 Å². The average molecular weight is 290 g/mol. The number of amides is 1. The van der Waals surface area contributed by atoms with Crippen molar-refractivity contribution in [3.8, 4) is 5.75 Å². The largest absolute Gasteiger partial charge is 0.483 e. The molecule has 1 aromatic carbocycles. The first-order valence-electron chi connectivity index (χ1n) is 7.83. The van der Waals surface area contributed by atoms with E-state index in [9.17, 15) is 4.79 Å². The summed E-state index contributed by atoms with van der Waals surface area (Å²) < 4.78 is 5.70. The van der Waals surface area contributed by atoms with Crippen LogP contribution in [0.1, 0.15) is 44.2 Å². The highest BCUT2D eigenvalue weighted by Gasteiger charge is 2.20. The van der Waals surface area contributed by atoms with Crippen LogP contribution in [0.25, 0.3) is 0 Å². The van der Waals surface area contributed by atoms with E-state index in [0.29, 0.717) is 6.04 Å². The number of hydrogen-bond acceptors (Lipinski definition) is 3. The summed E-state index contributed by atoms with van der Waals surface area (Å²) in [6.07, 6.45) is 3.45. The summed E-state index contributed by atoms with van der Waals surface area (Å²) in [6, 6.07) is 6.94. The zero-order valence-corrected chi connectivity index (χ0v) is 13.2. The molecule has 0 aliphatic heterocycles. The highest BCUT2D eigenvalue weighted by molar-refractivity contribution is 5.77. The molecule has 0 spiro atoms. The molecule has 2 rings (SSSR count). The van der Waals surface area contributed by atoms with Crippen molar-refractivity contribution in [3.05, 3.63) is 29.3 Å². The molecule has 4 nitrogen and oxygen atoms in total. The molecule has 4 heteroatoms. The molecule has 0 radical (unpaired) electrons. The quantitative estimate of drug-likeness (QED) is 0.773. The van der Waals surface area contributed by atoms with Gasteiger partial charge in [0.25, 0.3) is 5.91 Å². The minimum absolute atomic E-state index is 0.0639. The van der Waals surface area contributed by atoms with Crippen molar-refractivity contribution in [1.29, 1.82) is 0 Å². The maximum Gasteiger partial charge on any atom is 0.258 e. The molecule has 1 aliphatic rings. The SMILES string of the molecule is CCC(C)NC(=O)COc1ccc(C)cc1CNC1CC1. The van der Waals surface area contributed by atoms with Gasteiger partial charge in [0.05, 0.1) is 0 Å². The van der Waals surface area contributed by atoms with Gasteiger partial charge >= 0.3 is 0 Å². The fourth-order valence-electron chi connectivity index (χ4n) is 2.09. The van der Waals surface area contributed by atoms with Gasteiger partial charge in [-0.15, -0.1) is 0 Å². The highest BCUT2D eigenvalue weighted by atomic mass is 16.5. The Morgan fingerprint density at radius 3 is 2.86 bits per heavy atom. The smallest absolute Gasteiger partial charge is 0.258 e. The second-order valence-electron chi connectivity index (χ2n) is 5.93. The van der Waals surface area contributed by atoms with E-state index in [1.165, 1.54) is 18.4 Å². The number of hydrogen-bond donors (Lipinski definition) is 2. The first-order chi connectivity index (χ1) is 10.1. The standard InChI is InChI=1S/C17H26N2O2/c1-4-13(3)19-17(20)11-21-16-8-5-12(2)9-14(16)10-18-15-6-7-15/h5,8-9,13,15,18H,4,6-7,10-11H2,1-3H3,(H,19,20). The molecule has 0 bridgehead atoms. The van der Waals surface area contributed by atoms with E-state index in [-0.39, 0.29) is 18.6 Å². The number of carbonyl (C=O) groups excluding carboxylic acids is 1. The topological polar surface area (TPSA) is 50.4 Å². The summed E-state index contributed by atoms with van der Waals surface area (Å²) in [5, 5.41) is 6.40. The molecule has 21 heavy (non-hydrogen) atoms. The summed E-state index contributed by atoms with van der Waals surface area (Å²) in [5.74, 6) is 0.735. The molecule has 0 saturated heterocycles. The van der Waals surface area contributed by atoms with Crippen LogP contribution in [0.3, 0.4) is 0 Å². The zero-order chi connectivity index (χ0) is 15.2. The normalized spacial score (nSPS) is 15.6. The Labute approximate surface area is 127 Å². The lowest BCUT2D eigenvalue weighted by atomic mass is 10.1. The van der Waals surface area contributed by atoms with Crippen molar-refractivity contribution >= 4 is 5.91 Å². The molecule has 1 unspecified atom stereocenters. The third-order valence-electron chi connectivity index (χ3n) is 3.75. The lowest BCUT2D eigenvalue weighted by molar-refractivity contribution is -0.123. The molecule has 1 fully saturated rings. The van der Waals surface area contributed by atoms with Crippen molar-refractivity contribution in [2.24, 2.45) is 0 Å². The van der Waals surface area contributed by atoms with Crippen LogP contribution in [0.15, 0.2) is 18.2 Å². The third kappa shape index (κ3) is 5.38. The van der Waals surface area contributed by atoms with E-state index < -0.39 is 0 Å². The molecule has 0 aromatic heterocycles. The molecule has 116 valence electrons. The zero-order valence-electron chi connectivity index (χ0n) is 13.2. The van der Waals surface area contributed by atoms with Crippen LogP contribution in [0.2, 0.25) is 0 Å². The van der Waals surface area contributed by atoms with Crippen LogP contribution in [0.4, 0.5) is 0 Å². The van der Waals surface area contributed by atoms with E-state index in [2.05, 4.69) is 23.6 Å². The van der Waals surface area contributed by atoms with E-state index in [0.717, 1.165) is 24.3 Å². The predicted octanol–water partition coefficient (Wildman–Crippen LogP) is 2.54. The molecular weight excluding hydrogens is 264 g/mol. The third-order valence-corrected chi connectivity index (χ3v) is 3.75. The van der Waals surface area contributed by atoms with Crippen LogP contribution in [0, 0.1) is 6.92 Å². The summed E-state index contributed by atoms with van der Waals surface area (Å²) in [7, 11) is 0. The van der Waals surface area contributed by atoms with Crippen molar-refractivity contribution < 1.29 is 9.53 Å². The first kappa shape index (κ1) is 15.8. The molecular formula is C17H26N2O2. The van der Waals surface area contributed by atoms with E-state index in [4.69, 9.17) is 4.74 Å². The maximum absolute atomic E-state index is 11.8. The summed E-state index contributed by atoms with van der Waals surface area (Å²) in [4.78, 5) is 11.8. The van der Waals surface area contributed by atoms with Gasteiger partial charge < -0.3 is 15.4 Å². The van der Waals surface area contributed by atoms with Crippen LogP contribution in [-0.4, -0.2) is 24.6 Å². The van der Waals surface area contributed by atoms with Crippen LogP contribution < -0.4 is 15.4 Å². The summed E-state index contributed by atoms with van der Waals surface area (Å²) in [6.45, 7) is 6.99. The maximum atomic E-state index is 11.8. The Hall–Kier alpha value is -1.55. The number of nitrogens with one attached hydrogen (secondary N) is 2. The van der Waals surface area contributed by atoms with Gasteiger partial charge in [-0.25, -0.2) is 0 Å². The second-order valence-corrected chi connectivity index (χ2v) is 5.93. The first-order valence-corrected chi connectivity index (χ1v) is 7.83. The van der Waals surface area contributed by atoms with Gasteiger partial charge in [0.15, 0.2) is 6.61 Å². The van der Waals surface area contributed by atoms with Gasteiger partial charge in [-0.1, -0.05) is 24.6 Å². The number of ether oxygens (including phenoxy) is 1. The number of benzene rings is 1. The van der Waals surface area contributed by atoms with Crippen LogP contribution in [0.5, 0.6) is 5.75 Å². The molecule has 1 amide bonds. The van der Waals surface area contributed by atoms with Crippen molar-refractivity contribution in [2.45, 2.75) is 58.7 Å². The molecule has 1 aliphatic carbocycles. The van der Waals surface area contributed by atoms with Crippen molar-refractivity contribution in [2.75, 3.05) is 6.61 Å².